The molecule has 1 aliphatic heterocycles. The van der Waals surface area contributed by atoms with Gasteiger partial charge in [0.15, 0.2) is 5.79 Å². The summed E-state index contributed by atoms with van der Waals surface area (Å²) >= 11 is 6.06. The summed E-state index contributed by atoms with van der Waals surface area (Å²) in [6, 6.07) is 19.0. The molecule has 2 aromatic carbocycles. The lowest BCUT2D eigenvalue weighted by Crippen LogP contribution is -2.36. The van der Waals surface area contributed by atoms with E-state index in [0.717, 1.165) is 19.6 Å². The average Bonchev–Trinajstić information content (AvgIpc) is 2.90. The van der Waals surface area contributed by atoms with Crippen LogP contribution in [-0.2, 0) is 16.0 Å². The van der Waals surface area contributed by atoms with Crippen LogP contribution in [0.1, 0.15) is 36.6 Å². The van der Waals surface area contributed by atoms with Crippen molar-refractivity contribution >= 4 is 11.6 Å². The highest BCUT2D eigenvalue weighted by atomic mass is 35.5. The third-order valence-corrected chi connectivity index (χ3v) is 4.81. The molecule has 0 aromatic heterocycles. The van der Waals surface area contributed by atoms with Gasteiger partial charge in [0.05, 0.1) is 0 Å². The Morgan fingerprint density at radius 3 is 2.50 bits per heavy atom. The van der Waals surface area contributed by atoms with Crippen LogP contribution in [0.5, 0.6) is 0 Å². The van der Waals surface area contributed by atoms with Crippen LogP contribution in [-0.4, -0.2) is 35.8 Å². The third-order valence-electron chi connectivity index (χ3n) is 4.64. The van der Waals surface area contributed by atoms with Crippen LogP contribution < -0.4 is 0 Å². The van der Waals surface area contributed by atoms with Gasteiger partial charge in [-0.15, -0.1) is 11.6 Å². The molecule has 1 heterocycles. The van der Waals surface area contributed by atoms with Gasteiger partial charge in [-0.2, -0.15) is 0 Å². The molecule has 1 saturated heterocycles. The number of alkyl halides is 1. The quantitative estimate of drug-likeness (QED) is 0.642. The summed E-state index contributed by atoms with van der Waals surface area (Å²) < 4.78 is 12.5. The predicted octanol–water partition coefficient (Wildman–Crippen LogP) is 4.93. The number of aryl methyl sites for hydroxylation is 1. The Labute approximate surface area is 161 Å². The molecule has 0 spiro atoms. The Balaban J connectivity index is 1.77. The molecule has 2 aromatic rings. The first-order valence-corrected chi connectivity index (χ1v) is 9.75. The van der Waals surface area contributed by atoms with Crippen molar-refractivity contribution in [2.45, 2.75) is 45.3 Å². The van der Waals surface area contributed by atoms with E-state index in [-0.39, 0.29) is 12.2 Å². The predicted molar refractivity (Wildman–Crippen MR) is 106 cm³/mol. The van der Waals surface area contributed by atoms with Crippen molar-refractivity contribution in [3.05, 3.63) is 71.3 Å². The number of benzene rings is 2. The minimum Gasteiger partial charge on any atom is -0.343 e. The lowest BCUT2D eigenvalue weighted by molar-refractivity contribution is -0.148. The Morgan fingerprint density at radius 2 is 1.81 bits per heavy atom. The molecular formula is C22H28ClNO2. The van der Waals surface area contributed by atoms with E-state index in [4.69, 9.17) is 21.1 Å². The lowest BCUT2D eigenvalue weighted by atomic mass is 10.0. The smallest absolute Gasteiger partial charge is 0.164 e. The SMILES string of the molecule is Cc1cccc([C@H]2OC(C)(C)O[C@H]2CN(CCCl)Cc2ccccc2)c1. The summed E-state index contributed by atoms with van der Waals surface area (Å²) in [5, 5.41) is 0. The zero-order valence-electron chi connectivity index (χ0n) is 15.8. The van der Waals surface area contributed by atoms with Crippen LogP contribution in [0.2, 0.25) is 0 Å². The fourth-order valence-electron chi connectivity index (χ4n) is 3.55. The van der Waals surface area contributed by atoms with E-state index in [2.05, 4.69) is 60.4 Å². The molecule has 0 bridgehead atoms. The largest absolute Gasteiger partial charge is 0.343 e. The summed E-state index contributed by atoms with van der Waals surface area (Å²) in [5.41, 5.74) is 3.69. The van der Waals surface area contributed by atoms with E-state index in [1.54, 1.807) is 0 Å². The van der Waals surface area contributed by atoms with Crippen molar-refractivity contribution in [1.82, 2.24) is 4.90 Å². The van der Waals surface area contributed by atoms with Crippen LogP contribution in [0, 0.1) is 6.92 Å². The molecule has 0 unspecified atom stereocenters. The molecule has 3 nitrogen and oxygen atoms in total. The highest BCUT2D eigenvalue weighted by molar-refractivity contribution is 6.18. The number of rotatable bonds is 7. The monoisotopic (exact) mass is 373 g/mol. The van der Waals surface area contributed by atoms with E-state index < -0.39 is 5.79 Å². The second-order valence-electron chi connectivity index (χ2n) is 7.42. The first kappa shape index (κ1) is 19.4. The fourth-order valence-corrected chi connectivity index (χ4v) is 3.79. The minimum absolute atomic E-state index is 0.0290. The number of hydrogen-bond acceptors (Lipinski definition) is 3. The topological polar surface area (TPSA) is 21.7 Å². The van der Waals surface area contributed by atoms with Gasteiger partial charge < -0.3 is 9.47 Å². The van der Waals surface area contributed by atoms with Gasteiger partial charge >= 0.3 is 0 Å². The number of ether oxygens (including phenoxy) is 2. The summed E-state index contributed by atoms with van der Waals surface area (Å²) in [5.74, 6) is 0.0113. The Kier molecular flexibility index (Phi) is 6.36. The zero-order valence-corrected chi connectivity index (χ0v) is 16.6. The zero-order chi connectivity index (χ0) is 18.6. The summed E-state index contributed by atoms with van der Waals surface area (Å²) in [7, 11) is 0. The lowest BCUT2D eigenvalue weighted by Gasteiger charge is -2.27. The first-order chi connectivity index (χ1) is 12.5. The van der Waals surface area contributed by atoms with Crippen molar-refractivity contribution in [2.24, 2.45) is 0 Å². The molecule has 140 valence electrons. The first-order valence-electron chi connectivity index (χ1n) is 9.21. The van der Waals surface area contributed by atoms with Crippen molar-refractivity contribution in [3.8, 4) is 0 Å². The Bertz CT molecular complexity index is 704. The Hall–Kier alpha value is -1.39. The van der Waals surface area contributed by atoms with E-state index in [9.17, 15) is 0 Å². The van der Waals surface area contributed by atoms with Gasteiger partial charge in [0, 0.05) is 25.5 Å². The van der Waals surface area contributed by atoms with Gasteiger partial charge in [-0.05, 0) is 31.9 Å². The molecule has 1 fully saturated rings. The van der Waals surface area contributed by atoms with Crippen molar-refractivity contribution in [1.29, 1.82) is 0 Å². The Morgan fingerprint density at radius 1 is 1.04 bits per heavy atom. The molecule has 0 N–H and O–H groups in total. The van der Waals surface area contributed by atoms with Gasteiger partial charge in [0.1, 0.15) is 12.2 Å². The minimum atomic E-state index is -0.585. The highest BCUT2D eigenvalue weighted by Crippen LogP contribution is 2.38. The third kappa shape index (κ3) is 5.08. The molecule has 2 atom stereocenters. The van der Waals surface area contributed by atoms with Crippen LogP contribution in [0.15, 0.2) is 54.6 Å². The van der Waals surface area contributed by atoms with E-state index >= 15 is 0 Å². The molecule has 0 aliphatic carbocycles. The van der Waals surface area contributed by atoms with E-state index in [1.165, 1.54) is 16.7 Å². The van der Waals surface area contributed by atoms with E-state index in [1.807, 2.05) is 19.9 Å². The molecule has 0 amide bonds. The average molecular weight is 374 g/mol. The maximum atomic E-state index is 6.26. The summed E-state index contributed by atoms with van der Waals surface area (Å²) in [4.78, 5) is 2.35. The molecule has 3 rings (SSSR count). The van der Waals surface area contributed by atoms with Gasteiger partial charge in [0.25, 0.3) is 0 Å². The molecule has 4 heteroatoms. The highest BCUT2D eigenvalue weighted by Gasteiger charge is 2.42. The number of halogens is 1. The maximum Gasteiger partial charge on any atom is 0.164 e. The standard InChI is InChI=1S/C22H28ClNO2/c1-17-8-7-11-19(14-17)21-20(25-22(2,3)26-21)16-24(13-12-23)15-18-9-5-4-6-10-18/h4-11,14,20-21H,12-13,15-16H2,1-3H3/t20-,21+/m0/s1. The second-order valence-corrected chi connectivity index (χ2v) is 7.80. The van der Waals surface area contributed by atoms with Crippen molar-refractivity contribution in [2.75, 3.05) is 19.0 Å². The molecule has 1 aliphatic rings. The fraction of sp³-hybridized carbons (Fsp3) is 0.455. The van der Waals surface area contributed by atoms with Crippen LogP contribution in [0.4, 0.5) is 0 Å². The number of nitrogens with zero attached hydrogens (tertiary/aromatic N) is 1. The summed E-state index contributed by atoms with van der Waals surface area (Å²) in [6.07, 6.45) is -0.0998. The number of hydrogen-bond donors (Lipinski definition) is 0. The van der Waals surface area contributed by atoms with Crippen LogP contribution in [0.25, 0.3) is 0 Å². The van der Waals surface area contributed by atoms with Crippen molar-refractivity contribution < 1.29 is 9.47 Å². The van der Waals surface area contributed by atoms with Gasteiger partial charge in [-0.25, -0.2) is 0 Å². The molecule has 0 radical (unpaired) electrons. The van der Waals surface area contributed by atoms with E-state index in [0.29, 0.717) is 5.88 Å². The maximum absolute atomic E-state index is 6.26. The van der Waals surface area contributed by atoms with Crippen LogP contribution >= 0.6 is 11.6 Å². The van der Waals surface area contributed by atoms with Crippen LogP contribution in [0.3, 0.4) is 0 Å². The molecule has 26 heavy (non-hydrogen) atoms. The van der Waals surface area contributed by atoms with Gasteiger partial charge in [0.2, 0.25) is 0 Å². The van der Waals surface area contributed by atoms with Gasteiger partial charge in [-0.1, -0.05) is 60.2 Å². The molecular weight excluding hydrogens is 346 g/mol. The molecule has 0 saturated carbocycles. The normalized spacial score (nSPS) is 22.0. The van der Waals surface area contributed by atoms with Gasteiger partial charge in [-0.3, -0.25) is 4.90 Å². The van der Waals surface area contributed by atoms with Crippen molar-refractivity contribution in [3.63, 3.8) is 0 Å². The summed E-state index contributed by atoms with van der Waals surface area (Å²) in [6.45, 7) is 8.53. The second kappa shape index (κ2) is 8.53.